The van der Waals surface area contributed by atoms with Gasteiger partial charge in [-0.05, 0) is 42.5 Å². The fraction of sp³-hybridized carbons (Fsp3) is 0.125. The van der Waals surface area contributed by atoms with E-state index >= 15 is 0 Å². The van der Waals surface area contributed by atoms with E-state index in [-0.39, 0.29) is 29.6 Å². The zero-order chi connectivity index (χ0) is 22.8. The number of carbonyl (C=O) groups is 1. The summed E-state index contributed by atoms with van der Waals surface area (Å²) in [5.41, 5.74) is 1.13. The van der Waals surface area contributed by atoms with Crippen LogP contribution in [0.15, 0.2) is 78.0 Å². The summed E-state index contributed by atoms with van der Waals surface area (Å²) < 4.78 is 13.8. The van der Waals surface area contributed by atoms with E-state index in [0.29, 0.717) is 28.0 Å². The Labute approximate surface area is 193 Å². The van der Waals surface area contributed by atoms with E-state index in [2.05, 4.69) is 10.2 Å². The topological polar surface area (TPSA) is 107 Å². The highest BCUT2D eigenvalue weighted by atomic mass is 32.2. The van der Waals surface area contributed by atoms with Crippen LogP contribution in [0.1, 0.15) is 22.3 Å². The molecule has 0 aliphatic carbocycles. The average molecular weight is 461 g/mol. The van der Waals surface area contributed by atoms with E-state index in [9.17, 15) is 15.0 Å². The lowest BCUT2D eigenvalue weighted by atomic mass is 10.1. The number of rotatable bonds is 6. The number of phenols is 2. The Bertz CT molecular complexity index is 1310. The van der Waals surface area contributed by atoms with Gasteiger partial charge >= 0.3 is 0 Å². The van der Waals surface area contributed by atoms with Crippen LogP contribution in [-0.2, 0) is 0 Å². The number of para-hydroxylation sites is 3. The number of hydrogen-bond acceptors (Lipinski definition) is 8. The van der Waals surface area contributed by atoms with Crippen molar-refractivity contribution in [3.63, 3.8) is 0 Å². The molecule has 0 saturated heterocycles. The molecule has 33 heavy (non-hydrogen) atoms. The van der Waals surface area contributed by atoms with E-state index < -0.39 is 6.10 Å². The quantitative estimate of drug-likeness (QED) is 0.250. The maximum absolute atomic E-state index is 12.7. The molecule has 0 fully saturated rings. The molecule has 1 aliphatic rings. The number of carbonyl (C=O) groups excluding carboxylic acids is 1. The molecule has 0 amide bonds. The molecule has 0 bridgehead atoms. The second kappa shape index (κ2) is 8.87. The van der Waals surface area contributed by atoms with Crippen LogP contribution in [0.25, 0.3) is 5.69 Å². The highest BCUT2D eigenvalue weighted by Gasteiger charge is 2.29. The zero-order valence-electron chi connectivity index (χ0n) is 17.3. The number of aromatic nitrogens is 3. The van der Waals surface area contributed by atoms with Gasteiger partial charge in [-0.1, -0.05) is 42.1 Å². The van der Waals surface area contributed by atoms with Crippen LogP contribution in [-0.4, -0.2) is 43.1 Å². The summed E-state index contributed by atoms with van der Waals surface area (Å²) in [5, 5.41) is 28.4. The highest BCUT2D eigenvalue weighted by molar-refractivity contribution is 7.99. The Morgan fingerprint density at radius 2 is 1.73 bits per heavy atom. The fourth-order valence-corrected chi connectivity index (χ4v) is 4.31. The molecule has 8 nitrogen and oxygen atoms in total. The number of aromatic hydroxyl groups is 2. The first-order valence-corrected chi connectivity index (χ1v) is 11.2. The van der Waals surface area contributed by atoms with Gasteiger partial charge in [0, 0.05) is 11.3 Å². The monoisotopic (exact) mass is 461 g/mol. The Morgan fingerprint density at radius 3 is 2.52 bits per heavy atom. The van der Waals surface area contributed by atoms with E-state index in [0.717, 1.165) is 5.69 Å². The van der Waals surface area contributed by atoms with Gasteiger partial charge in [0.15, 0.2) is 45.9 Å². The lowest BCUT2D eigenvalue weighted by Gasteiger charge is -2.26. The molecule has 2 heterocycles. The Morgan fingerprint density at radius 1 is 0.970 bits per heavy atom. The van der Waals surface area contributed by atoms with Crippen molar-refractivity contribution in [1.29, 1.82) is 0 Å². The molecule has 1 atom stereocenters. The molecule has 1 aromatic heterocycles. The molecule has 1 aliphatic heterocycles. The molecule has 0 spiro atoms. The van der Waals surface area contributed by atoms with Crippen LogP contribution in [0, 0.1) is 0 Å². The standard InChI is InChI=1S/C24H19N3O5S/c28-17-11-10-15(12-18(17)29)19(30)14-33-24-26-25-23(27(24)16-6-2-1-3-7-16)22-13-31-20-8-4-5-9-21(20)32-22/h1-12,22,28-29H,13-14H2/t22-/m1/s1. The predicted molar refractivity (Wildman–Crippen MR) is 121 cm³/mol. The van der Waals surface area contributed by atoms with Crippen molar-refractivity contribution >= 4 is 17.5 Å². The molecule has 4 aromatic rings. The van der Waals surface area contributed by atoms with Crippen LogP contribution >= 0.6 is 11.8 Å². The summed E-state index contributed by atoms with van der Waals surface area (Å²) in [6, 6.07) is 21.0. The van der Waals surface area contributed by atoms with Crippen molar-refractivity contribution < 1.29 is 24.5 Å². The van der Waals surface area contributed by atoms with Crippen LogP contribution in [0.2, 0.25) is 0 Å². The first-order valence-electron chi connectivity index (χ1n) is 10.2. The molecule has 2 N–H and O–H groups in total. The third-order valence-corrected chi connectivity index (χ3v) is 6.03. The fourth-order valence-electron chi connectivity index (χ4n) is 3.46. The van der Waals surface area contributed by atoms with E-state index in [1.54, 1.807) is 0 Å². The summed E-state index contributed by atoms with van der Waals surface area (Å²) in [7, 11) is 0. The van der Waals surface area contributed by atoms with Gasteiger partial charge in [0.25, 0.3) is 0 Å². The van der Waals surface area contributed by atoms with Gasteiger partial charge in [0.2, 0.25) is 0 Å². The summed E-state index contributed by atoms with van der Waals surface area (Å²) in [4.78, 5) is 12.7. The molecular formula is C24H19N3O5S. The Kier molecular flexibility index (Phi) is 5.62. The number of fused-ring (bicyclic) bond motifs is 1. The van der Waals surface area contributed by atoms with Crippen LogP contribution in [0.5, 0.6) is 23.0 Å². The minimum atomic E-state index is -0.480. The van der Waals surface area contributed by atoms with Crippen LogP contribution in [0.4, 0.5) is 0 Å². The summed E-state index contributed by atoms with van der Waals surface area (Å²) in [6.45, 7) is 0.276. The largest absolute Gasteiger partial charge is 0.504 e. The van der Waals surface area contributed by atoms with Crippen molar-refractivity contribution in [2.24, 2.45) is 0 Å². The SMILES string of the molecule is O=C(CSc1nnc([C@H]2COc3ccccc3O2)n1-c1ccccc1)c1ccc(O)c(O)c1. The number of ether oxygens (including phenoxy) is 2. The number of Topliss-reactive ketones (excluding diaryl/α,β-unsaturated/α-hetero) is 1. The normalized spacial score (nSPS) is 14.7. The van der Waals surface area contributed by atoms with Crippen molar-refractivity contribution in [1.82, 2.24) is 14.8 Å². The number of phenolic OH excluding ortho intramolecular Hbond substituents is 2. The van der Waals surface area contributed by atoms with Gasteiger partial charge in [-0.25, -0.2) is 0 Å². The average Bonchev–Trinajstić information content (AvgIpc) is 3.28. The molecule has 0 radical (unpaired) electrons. The van der Waals surface area contributed by atoms with Crippen molar-refractivity contribution in [2.75, 3.05) is 12.4 Å². The smallest absolute Gasteiger partial charge is 0.196 e. The van der Waals surface area contributed by atoms with Gasteiger partial charge in [-0.3, -0.25) is 9.36 Å². The first-order chi connectivity index (χ1) is 16.1. The number of thioether (sulfide) groups is 1. The maximum atomic E-state index is 12.7. The van der Waals surface area contributed by atoms with Gasteiger partial charge in [-0.2, -0.15) is 0 Å². The number of hydrogen-bond donors (Lipinski definition) is 2. The lowest BCUT2D eigenvalue weighted by Crippen LogP contribution is -2.24. The van der Waals surface area contributed by atoms with Crippen molar-refractivity contribution in [3.8, 4) is 28.7 Å². The lowest BCUT2D eigenvalue weighted by molar-refractivity contribution is 0.0835. The third kappa shape index (κ3) is 4.22. The van der Waals surface area contributed by atoms with Crippen LogP contribution in [0.3, 0.4) is 0 Å². The van der Waals surface area contributed by atoms with Crippen molar-refractivity contribution in [2.45, 2.75) is 11.3 Å². The van der Waals surface area contributed by atoms with Crippen LogP contribution < -0.4 is 9.47 Å². The molecular weight excluding hydrogens is 442 g/mol. The summed E-state index contributed by atoms with van der Waals surface area (Å²) in [5.74, 6) is 1.11. The maximum Gasteiger partial charge on any atom is 0.196 e. The number of ketones is 1. The molecule has 0 unspecified atom stereocenters. The minimum Gasteiger partial charge on any atom is -0.504 e. The zero-order valence-corrected chi connectivity index (χ0v) is 18.1. The van der Waals surface area contributed by atoms with Gasteiger partial charge in [0.1, 0.15) is 6.61 Å². The molecule has 3 aromatic carbocycles. The summed E-state index contributed by atoms with van der Waals surface area (Å²) >= 11 is 1.22. The molecule has 9 heteroatoms. The molecule has 0 saturated carbocycles. The Hall–Kier alpha value is -3.98. The number of benzene rings is 3. The van der Waals surface area contributed by atoms with E-state index in [1.807, 2.05) is 59.2 Å². The first kappa shape index (κ1) is 20.9. The van der Waals surface area contributed by atoms with Crippen molar-refractivity contribution in [3.05, 3.63) is 84.2 Å². The molecule has 166 valence electrons. The third-order valence-electron chi connectivity index (χ3n) is 5.10. The second-order valence-corrected chi connectivity index (χ2v) is 8.23. The highest BCUT2D eigenvalue weighted by Crippen LogP contribution is 2.37. The predicted octanol–water partition coefficient (Wildman–Crippen LogP) is 4.17. The minimum absolute atomic E-state index is 0.0695. The number of nitrogens with zero attached hydrogens (tertiary/aromatic N) is 3. The summed E-state index contributed by atoms with van der Waals surface area (Å²) in [6.07, 6.45) is -0.480. The van der Waals surface area contributed by atoms with E-state index in [4.69, 9.17) is 9.47 Å². The van der Waals surface area contributed by atoms with Gasteiger partial charge < -0.3 is 19.7 Å². The van der Waals surface area contributed by atoms with Gasteiger partial charge in [-0.15, -0.1) is 10.2 Å². The van der Waals surface area contributed by atoms with Gasteiger partial charge in [0.05, 0.1) is 5.75 Å². The molecule has 5 rings (SSSR count). The van der Waals surface area contributed by atoms with E-state index in [1.165, 1.54) is 30.0 Å². The Balaban J connectivity index is 1.43. The second-order valence-electron chi connectivity index (χ2n) is 7.29.